The second-order valence-electron chi connectivity index (χ2n) is 4.94. The van der Waals surface area contributed by atoms with Crippen molar-refractivity contribution < 1.29 is 4.74 Å². The summed E-state index contributed by atoms with van der Waals surface area (Å²) in [7, 11) is 3.88. The summed E-state index contributed by atoms with van der Waals surface area (Å²) in [5.74, 6) is 1.82. The Kier molecular flexibility index (Phi) is 11.1. The average molecular weight is 405 g/mol. The van der Waals surface area contributed by atoms with Gasteiger partial charge in [-0.2, -0.15) is 0 Å². The molecule has 1 N–H and O–H groups in total. The number of unbranched alkanes of at least 4 members (excludes halogenated alkanes) is 1. The summed E-state index contributed by atoms with van der Waals surface area (Å²) in [5, 5.41) is 3.35. The fourth-order valence-electron chi connectivity index (χ4n) is 1.89. The smallest absolute Gasteiger partial charge is 0.193 e. The lowest BCUT2D eigenvalue weighted by atomic mass is 10.3. The number of benzene rings is 1. The molecule has 1 aromatic carbocycles. The fraction of sp³-hybridized carbons (Fsp3) is 0.562. The molecule has 0 aliphatic heterocycles. The zero-order chi connectivity index (χ0) is 14.8. The van der Waals surface area contributed by atoms with Crippen LogP contribution < -0.4 is 10.1 Å². The van der Waals surface area contributed by atoms with Crippen LogP contribution in [0.4, 0.5) is 0 Å². The number of rotatable bonds is 7. The highest BCUT2D eigenvalue weighted by Crippen LogP contribution is 2.10. The molecular formula is C16H28IN3O. The monoisotopic (exact) mass is 405 g/mol. The van der Waals surface area contributed by atoms with E-state index in [1.54, 1.807) is 0 Å². The summed E-state index contributed by atoms with van der Waals surface area (Å²) < 4.78 is 5.83. The molecule has 4 nitrogen and oxygen atoms in total. The Bertz CT molecular complexity index is 398. The Labute approximate surface area is 146 Å². The van der Waals surface area contributed by atoms with Gasteiger partial charge in [0.2, 0.25) is 0 Å². The Morgan fingerprint density at radius 1 is 1.33 bits per heavy atom. The second-order valence-corrected chi connectivity index (χ2v) is 4.94. The average Bonchev–Trinajstić information content (AvgIpc) is 2.46. The van der Waals surface area contributed by atoms with Gasteiger partial charge in [-0.25, -0.2) is 0 Å². The number of ether oxygens (including phenoxy) is 1. The highest BCUT2D eigenvalue weighted by molar-refractivity contribution is 14.0. The molecule has 0 spiro atoms. The van der Waals surface area contributed by atoms with Crippen LogP contribution >= 0.6 is 24.0 Å². The minimum absolute atomic E-state index is 0. The molecule has 0 aromatic heterocycles. The number of hydrogen-bond acceptors (Lipinski definition) is 2. The lowest BCUT2D eigenvalue weighted by Gasteiger charge is -2.23. The highest BCUT2D eigenvalue weighted by Gasteiger charge is 2.08. The molecule has 0 saturated carbocycles. The Morgan fingerprint density at radius 2 is 2.00 bits per heavy atom. The first-order valence-corrected chi connectivity index (χ1v) is 7.30. The van der Waals surface area contributed by atoms with E-state index in [2.05, 4.69) is 36.1 Å². The fourth-order valence-corrected chi connectivity index (χ4v) is 1.89. The minimum Gasteiger partial charge on any atom is -0.489 e. The van der Waals surface area contributed by atoms with Crippen LogP contribution in [-0.4, -0.2) is 44.1 Å². The normalized spacial score (nSPS) is 12.3. The molecule has 120 valence electrons. The Morgan fingerprint density at radius 3 is 2.57 bits per heavy atom. The predicted octanol–water partition coefficient (Wildman–Crippen LogP) is 3.38. The van der Waals surface area contributed by atoms with E-state index in [4.69, 9.17) is 4.74 Å². The molecule has 0 heterocycles. The lowest BCUT2D eigenvalue weighted by Crippen LogP contribution is -2.43. The first-order chi connectivity index (χ1) is 9.67. The van der Waals surface area contributed by atoms with Crippen LogP contribution in [0.1, 0.15) is 26.7 Å². The quantitative estimate of drug-likeness (QED) is 0.429. The molecule has 21 heavy (non-hydrogen) atoms. The first kappa shape index (κ1) is 20.0. The van der Waals surface area contributed by atoms with E-state index in [1.807, 2.05) is 37.4 Å². The van der Waals surface area contributed by atoms with Gasteiger partial charge in [-0.3, -0.25) is 4.99 Å². The summed E-state index contributed by atoms with van der Waals surface area (Å²) in [5.41, 5.74) is 0. The summed E-state index contributed by atoms with van der Waals surface area (Å²) in [6.45, 7) is 6.00. The van der Waals surface area contributed by atoms with Crippen molar-refractivity contribution in [3.63, 3.8) is 0 Å². The molecule has 0 saturated heterocycles. The van der Waals surface area contributed by atoms with Gasteiger partial charge in [0.05, 0.1) is 6.54 Å². The Hall–Kier alpha value is -0.980. The van der Waals surface area contributed by atoms with Gasteiger partial charge in [-0.15, -0.1) is 24.0 Å². The number of hydrogen-bond donors (Lipinski definition) is 1. The highest BCUT2D eigenvalue weighted by atomic mass is 127. The molecule has 0 fully saturated rings. The third-order valence-corrected chi connectivity index (χ3v) is 3.05. The standard InChI is InChI=1S/C16H27N3O.HI/c1-5-6-12-19(4)16(17-3)18-13-14(2)20-15-10-8-7-9-11-15;/h7-11,14H,5-6,12-13H2,1-4H3,(H,17,18);1H. The molecule has 1 rings (SSSR count). The molecule has 1 unspecified atom stereocenters. The van der Waals surface area contributed by atoms with Crippen LogP contribution in [0.5, 0.6) is 5.75 Å². The molecule has 1 atom stereocenters. The molecule has 0 bridgehead atoms. The molecule has 1 aromatic rings. The maximum absolute atomic E-state index is 5.83. The van der Waals surface area contributed by atoms with Crippen LogP contribution in [0.2, 0.25) is 0 Å². The van der Waals surface area contributed by atoms with E-state index in [0.29, 0.717) is 0 Å². The summed E-state index contributed by atoms with van der Waals surface area (Å²) in [6, 6.07) is 9.89. The lowest BCUT2D eigenvalue weighted by molar-refractivity contribution is 0.222. The zero-order valence-electron chi connectivity index (χ0n) is 13.5. The van der Waals surface area contributed by atoms with Gasteiger partial charge in [0.25, 0.3) is 0 Å². The number of halogens is 1. The van der Waals surface area contributed by atoms with Crippen molar-refractivity contribution in [3.05, 3.63) is 30.3 Å². The number of guanidine groups is 1. The van der Waals surface area contributed by atoms with Crippen LogP contribution in [0.25, 0.3) is 0 Å². The summed E-state index contributed by atoms with van der Waals surface area (Å²) in [6.07, 6.45) is 2.45. The van der Waals surface area contributed by atoms with Crippen molar-refractivity contribution in [2.45, 2.75) is 32.8 Å². The SMILES string of the molecule is CCCCN(C)C(=NC)NCC(C)Oc1ccccc1.I. The van der Waals surface area contributed by atoms with Gasteiger partial charge >= 0.3 is 0 Å². The number of nitrogens with one attached hydrogen (secondary N) is 1. The van der Waals surface area contributed by atoms with Gasteiger partial charge in [0.1, 0.15) is 11.9 Å². The van der Waals surface area contributed by atoms with Crippen LogP contribution in [-0.2, 0) is 0 Å². The topological polar surface area (TPSA) is 36.9 Å². The molecule has 0 radical (unpaired) electrons. The van der Waals surface area contributed by atoms with Crippen LogP contribution in [0, 0.1) is 0 Å². The van der Waals surface area contributed by atoms with Gasteiger partial charge < -0.3 is 15.0 Å². The molecule has 0 aliphatic rings. The summed E-state index contributed by atoms with van der Waals surface area (Å²) >= 11 is 0. The molecule has 0 aliphatic carbocycles. The van der Waals surface area contributed by atoms with Crippen molar-refractivity contribution in [2.75, 3.05) is 27.2 Å². The third kappa shape index (κ3) is 8.14. The maximum Gasteiger partial charge on any atom is 0.193 e. The van der Waals surface area contributed by atoms with Crippen molar-refractivity contribution in [3.8, 4) is 5.75 Å². The number of nitrogens with zero attached hydrogens (tertiary/aromatic N) is 2. The molecule has 5 heteroatoms. The number of aliphatic imine (C=N–C) groups is 1. The van der Waals surface area contributed by atoms with E-state index in [9.17, 15) is 0 Å². The summed E-state index contributed by atoms with van der Waals surface area (Å²) in [4.78, 5) is 6.45. The largest absolute Gasteiger partial charge is 0.489 e. The van der Waals surface area contributed by atoms with Gasteiger partial charge in [0, 0.05) is 20.6 Å². The van der Waals surface area contributed by atoms with E-state index >= 15 is 0 Å². The van der Waals surface area contributed by atoms with Crippen LogP contribution in [0.15, 0.2) is 35.3 Å². The van der Waals surface area contributed by atoms with Crippen molar-refractivity contribution in [1.82, 2.24) is 10.2 Å². The van der Waals surface area contributed by atoms with E-state index in [-0.39, 0.29) is 30.1 Å². The van der Waals surface area contributed by atoms with Crippen molar-refractivity contribution in [1.29, 1.82) is 0 Å². The maximum atomic E-state index is 5.83. The van der Waals surface area contributed by atoms with Gasteiger partial charge in [0.15, 0.2) is 5.96 Å². The molecule has 0 amide bonds. The third-order valence-electron chi connectivity index (χ3n) is 3.05. The predicted molar refractivity (Wildman–Crippen MR) is 101 cm³/mol. The van der Waals surface area contributed by atoms with Crippen LogP contribution in [0.3, 0.4) is 0 Å². The van der Waals surface area contributed by atoms with Gasteiger partial charge in [-0.05, 0) is 25.5 Å². The van der Waals surface area contributed by atoms with E-state index in [1.165, 1.54) is 12.8 Å². The first-order valence-electron chi connectivity index (χ1n) is 7.30. The van der Waals surface area contributed by atoms with Gasteiger partial charge in [-0.1, -0.05) is 31.5 Å². The Balaban J connectivity index is 0.00000400. The van der Waals surface area contributed by atoms with Crippen molar-refractivity contribution in [2.24, 2.45) is 4.99 Å². The minimum atomic E-state index is 0. The van der Waals surface area contributed by atoms with E-state index in [0.717, 1.165) is 24.8 Å². The van der Waals surface area contributed by atoms with E-state index < -0.39 is 0 Å². The number of para-hydroxylation sites is 1. The zero-order valence-corrected chi connectivity index (χ0v) is 15.8. The van der Waals surface area contributed by atoms with Crippen molar-refractivity contribution >= 4 is 29.9 Å². The second kappa shape index (κ2) is 11.7. The molecular weight excluding hydrogens is 377 g/mol.